The molecule has 5 nitrogen and oxygen atoms in total. The predicted molar refractivity (Wildman–Crippen MR) is 72.1 cm³/mol. The molecule has 20 heavy (non-hydrogen) atoms. The van der Waals surface area contributed by atoms with Crippen LogP contribution in [0.25, 0.3) is 17.2 Å². The molecule has 2 heterocycles. The number of halogens is 1. The van der Waals surface area contributed by atoms with E-state index >= 15 is 0 Å². The van der Waals surface area contributed by atoms with Crippen molar-refractivity contribution >= 4 is 12.0 Å². The molecule has 2 aromatic heterocycles. The van der Waals surface area contributed by atoms with Gasteiger partial charge in [0.2, 0.25) is 0 Å². The minimum absolute atomic E-state index is 0.292. The van der Waals surface area contributed by atoms with Gasteiger partial charge in [-0.25, -0.2) is 9.18 Å². The molecule has 0 spiro atoms. The first-order valence-corrected chi connectivity index (χ1v) is 6.09. The monoisotopic (exact) mass is 275 g/mol. The zero-order chi connectivity index (χ0) is 14.5. The first kappa shape index (κ1) is 13.9. The maximum atomic E-state index is 14.0. The van der Waals surface area contributed by atoms with E-state index in [4.69, 9.17) is 4.74 Å². The molecule has 0 fully saturated rings. The molecule has 0 aliphatic heterocycles. The molecule has 0 saturated carbocycles. The van der Waals surface area contributed by atoms with Crippen molar-refractivity contribution in [3.8, 4) is 11.1 Å². The summed E-state index contributed by atoms with van der Waals surface area (Å²) in [6, 6.07) is 0. The van der Waals surface area contributed by atoms with Crippen molar-refractivity contribution < 1.29 is 13.9 Å². The van der Waals surface area contributed by atoms with Crippen molar-refractivity contribution in [3.05, 3.63) is 42.2 Å². The normalized spacial score (nSPS) is 10.9. The summed E-state index contributed by atoms with van der Waals surface area (Å²) in [5, 5.41) is 4.01. The number of hydrogen-bond acceptors (Lipinski definition) is 4. The summed E-state index contributed by atoms with van der Waals surface area (Å²) in [5.74, 6) is -0.946. The van der Waals surface area contributed by atoms with E-state index in [0.717, 1.165) is 6.20 Å². The SMILES string of the molecule is CCOC(=O)/C=C/c1cncc(F)c1-c1cnn(C)c1. The van der Waals surface area contributed by atoms with E-state index in [1.807, 2.05) is 0 Å². The summed E-state index contributed by atoms with van der Waals surface area (Å²) in [5.41, 5.74) is 1.47. The fraction of sp³-hybridized carbons (Fsp3) is 0.214. The molecule has 0 unspecified atom stereocenters. The quantitative estimate of drug-likeness (QED) is 0.634. The second-order valence-corrected chi connectivity index (χ2v) is 4.07. The number of aromatic nitrogens is 3. The Morgan fingerprint density at radius 2 is 2.25 bits per heavy atom. The van der Waals surface area contributed by atoms with Crippen molar-refractivity contribution in [1.29, 1.82) is 0 Å². The van der Waals surface area contributed by atoms with Gasteiger partial charge in [0.15, 0.2) is 0 Å². The van der Waals surface area contributed by atoms with Gasteiger partial charge in [-0.2, -0.15) is 5.10 Å². The Kier molecular flexibility index (Phi) is 4.24. The number of esters is 1. The van der Waals surface area contributed by atoms with E-state index in [1.165, 1.54) is 18.3 Å². The maximum Gasteiger partial charge on any atom is 0.330 e. The zero-order valence-electron chi connectivity index (χ0n) is 11.2. The number of carbonyl (C=O) groups excluding carboxylic acids is 1. The van der Waals surface area contributed by atoms with Gasteiger partial charge in [0.05, 0.1) is 19.0 Å². The van der Waals surface area contributed by atoms with Crippen molar-refractivity contribution in [2.24, 2.45) is 7.05 Å². The van der Waals surface area contributed by atoms with Crippen LogP contribution in [0.15, 0.2) is 30.9 Å². The van der Waals surface area contributed by atoms with E-state index in [1.54, 1.807) is 31.0 Å². The Balaban J connectivity index is 2.39. The highest BCUT2D eigenvalue weighted by molar-refractivity contribution is 5.89. The summed E-state index contributed by atoms with van der Waals surface area (Å²) in [6.07, 6.45) is 8.60. The molecule has 0 saturated heterocycles. The first-order valence-electron chi connectivity index (χ1n) is 6.09. The fourth-order valence-electron chi connectivity index (χ4n) is 1.78. The van der Waals surface area contributed by atoms with Gasteiger partial charge in [-0.3, -0.25) is 9.67 Å². The molecule has 2 aromatic rings. The van der Waals surface area contributed by atoms with Crippen LogP contribution in [0.2, 0.25) is 0 Å². The van der Waals surface area contributed by atoms with Gasteiger partial charge >= 0.3 is 5.97 Å². The second kappa shape index (κ2) is 6.10. The lowest BCUT2D eigenvalue weighted by molar-refractivity contribution is -0.137. The van der Waals surface area contributed by atoms with Crippen molar-refractivity contribution in [3.63, 3.8) is 0 Å². The summed E-state index contributed by atoms with van der Waals surface area (Å²) in [6.45, 7) is 2.01. The van der Waals surface area contributed by atoms with E-state index in [0.29, 0.717) is 23.3 Å². The summed E-state index contributed by atoms with van der Waals surface area (Å²) in [4.78, 5) is 15.1. The third-order valence-corrected chi connectivity index (χ3v) is 2.61. The van der Waals surface area contributed by atoms with Gasteiger partial charge in [0, 0.05) is 42.2 Å². The van der Waals surface area contributed by atoms with Gasteiger partial charge in [-0.1, -0.05) is 0 Å². The van der Waals surface area contributed by atoms with E-state index in [2.05, 4.69) is 10.1 Å². The highest BCUT2D eigenvalue weighted by atomic mass is 19.1. The zero-order valence-corrected chi connectivity index (χ0v) is 11.2. The molecule has 0 bridgehead atoms. The average molecular weight is 275 g/mol. The number of aryl methyl sites for hydroxylation is 1. The van der Waals surface area contributed by atoms with Crippen LogP contribution in [0.3, 0.4) is 0 Å². The predicted octanol–water partition coefficient (Wildman–Crippen LogP) is 2.20. The van der Waals surface area contributed by atoms with Gasteiger partial charge in [-0.05, 0) is 13.0 Å². The largest absolute Gasteiger partial charge is 0.463 e. The van der Waals surface area contributed by atoms with Crippen LogP contribution in [0.1, 0.15) is 12.5 Å². The molecule has 0 radical (unpaired) electrons. The third-order valence-electron chi connectivity index (χ3n) is 2.61. The smallest absolute Gasteiger partial charge is 0.330 e. The van der Waals surface area contributed by atoms with E-state index in [9.17, 15) is 9.18 Å². The van der Waals surface area contributed by atoms with Crippen LogP contribution in [0.5, 0.6) is 0 Å². The first-order chi connectivity index (χ1) is 9.61. The minimum atomic E-state index is -0.478. The van der Waals surface area contributed by atoms with Crippen LogP contribution in [-0.2, 0) is 16.6 Å². The molecule has 6 heteroatoms. The number of carbonyl (C=O) groups is 1. The van der Waals surface area contributed by atoms with Crippen molar-refractivity contribution in [2.45, 2.75) is 6.92 Å². The summed E-state index contributed by atoms with van der Waals surface area (Å²) >= 11 is 0. The topological polar surface area (TPSA) is 57.0 Å². The molecule has 0 aromatic carbocycles. The lowest BCUT2D eigenvalue weighted by Crippen LogP contribution is -1.99. The van der Waals surface area contributed by atoms with Gasteiger partial charge in [0.1, 0.15) is 5.82 Å². The number of hydrogen-bond donors (Lipinski definition) is 0. The summed E-state index contributed by atoms with van der Waals surface area (Å²) < 4.78 is 20.3. The Bertz CT molecular complexity index is 650. The van der Waals surface area contributed by atoms with Crippen molar-refractivity contribution in [1.82, 2.24) is 14.8 Å². The van der Waals surface area contributed by atoms with Crippen LogP contribution >= 0.6 is 0 Å². The third kappa shape index (κ3) is 3.09. The molecule has 0 atom stereocenters. The molecule has 0 aliphatic rings. The maximum absolute atomic E-state index is 14.0. The Morgan fingerprint density at radius 3 is 2.90 bits per heavy atom. The lowest BCUT2D eigenvalue weighted by atomic mass is 10.0. The van der Waals surface area contributed by atoms with Crippen molar-refractivity contribution in [2.75, 3.05) is 6.61 Å². The van der Waals surface area contributed by atoms with Gasteiger partial charge in [-0.15, -0.1) is 0 Å². The average Bonchev–Trinajstić information content (AvgIpc) is 2.83. The highest BCUT2D eigenvalue weighted by Crippen LogP contribution is 2.26. The molecule has 0 amide bonds. The Labute approximate surface area is 115 Å². The van der Waals surface area contributed by atoms with E-state index < -0.39 is 11.8 Å². The van der Waals surface area contributed by atoms with E-state index in [-0.39, 0.29) is 0 Å². The van der Waals surface area contributed by atoms with Crippen LogP contribution in [0, 0.1) is 5.82 Å². The molecular formula is C14H14FN3O2. The van der Waals surface area contributed by atoms with Crippen LogP contribution in [-0.4, -0.2) is 27.3 Å². The number of nitrogens with zero attached hydrogens (tertiary/aromatic N) is 3. The van der Waals surface area contributed by atoms with Gasteiger partial charge in [0.25, 0.3) is 0 Å². The minimum Gasteiger partial charge on any atom is -0.463 e. The number of pyridine rings is 1. The number of rotatable bonds is 4. The van der Waals surface area contributed by atoms with Crippen LogP contribution < -0.4 is 0 Å². The molecule has 0 aliphatic carbocycles. The summed E-state index contributed by atoms with van der Waals surface area (Å²) in [7, 11) is 1.75. The standard InChI is InChI=1S/C14H14FN3O2/c1-3-20-13(19)5-4-10-6-16-8-12(15)14(10)11-7-17-18(2)9-11/h4-9H,3H2,1-2H3/b5-4+. The second-order valence-electron chi connectivity index (χ2n) is 4.07. The highest BCUT2D eigenvalue weighted by Gasteiger charge is 2.11. The van der Waals surface area contributed by atoms with Crippen LogP contribution in [0.4, 0.5) is 4.39 Å². The Hall–Kier alpha value is -2.50. The Morgan fingerprint density at radius 1 is 1.45 bits per heavy atom. The lowest BCUT2D eigenvalue weighted by Gasteiger charge is -2.04. The fourth-order valence-corrected chi connectivity index (χ4v) is 1.78. The molecule has 2 rings (SSSR count). The molecular weight excluding hydrogens is 261 g/mol. The molecule has 0 N–H and O–H groups in total. The molecule has 104 valence electrons. The van der Waals surface area contributed by atoms with Gasteiger partial charge < -0.3 is 4.74 Å². The number of ether oxygens (including phenoxy) is 1.